The number of carbonyl (C=O) groups excluding carboxylic acids is 2. The molecule has 1 unspecified atom stereocenters. The van der Waals surface area contributed by atoms with Crippen LogP contribution in [0.3, 0.4) is 0 Å². The second-order valence-corrected chi connectivity index (χ2v) is 6.75. The highest BCUT2D eigenvalue weighted by atomic mass is 16.3. The lowest BCUT2D eigenvalue weighted by molar-refractivity contribution is -0.116. The molecule has 0 aliphatic heterocycles. The Morgan fingerprint density at radius 3 is 2.54 bits per heavy atom. The van der Waals surface area contributed by atoms with Gasteiger partial charge in [-0.2, -0.15) is 0 Å². The van der Waals surface area contributed by atoms with Crippen LogP contribution in [-0.2, 0) is 11.2 Å². The van der Waals surface area contributed by atoms with E-state index in [9.17, 15) is 14.7 Å². The van der Waals surface area contributed by atoms with E-state index in [0.717, 1.165) is 42.5 Å². The van der Waals surface area contributed by atoms with Crippen molar-refractivity contribution in [2.24, 2.45) is 0 Å². The quantitative estimate of drug-likeness (QED) is 0.828. The van der Waals surface area contributed by atoms with Gasteiger partial charge in [-0.25, -0.2) is 0 Å². The topological polar surface area (TPSA) is 69.6 Å². The van der Waals surface area contributed by atoms with Gasteiger partial charge >= 0.3 is 0 Å². The molecule has 5 nitrogen and oxygen atoms in total. The lowest BCUT2D eigenvalue weighted by Crippen LogP contribution is -2.22. The molecule has 1 aliphatic carbocycles. The molecule has 0 saturated heterocycles. The number of aryl methyl sites for hydroxylation is 1. The smallest absolute Gasteiger partial charge is 0.255 e. The SMILES string of the molecule is CC(=O)N(C)c1ccc(C(=O)Nc2ccc3c(c2)C(O)CCCC3)cc1. The fraction of sp³-hybridized carbons (Fsp3) is 0.333. The summed E-state index contributed by atoms with van der Waals surface area (Å²) in [5.74, 6) is -0.282. The molecule has 2 amide bonds. The molecule has 26 heavy (non-hydrogen) atoms. The number of hydrogen-bond acceptors (Lipinski definition) is 3. The molecule has 1 aliphatic rings. The summed E-state index contributed by atoms with van der Waals surface area (Å²) in [5.41, 5.74) is 4.01. The maximum absolute atomic E-state index is 12.5. The van der Waals surface area contributed by atoms with Gasteiger partial charge in [-0.1, -0.05) is 12.5 Å². The highest BCUT2D eigenvalue weighted by Gasteiger charge is 2.17. The minimum atomic E-state index is -0.467. The average Bonchev–Trinajstić information content (AvgIpc) is 2.82. The predicted molar refractivity (Wildman–Crippen MR) is 102 cm³/mol. The van der Waals surface area contributed by atoms with E-state index in [1.807, 2.05) is 18.2 Å². The summed E-state index contributed by atoms with van der Waals surface area (Å²) in [6.45, 7) is 1.49. The van der Waals surface area contributed by atoms with E-state index in [1.165, 1.54) is 11.8 Å². The maximum Gasteiger partial charge on any atom is 0.255 e. The van der Waals surface area contributed by atoms with E-state index in [-0.39, 0.29) is 11.8 Å². The summed E-state index contributed by atoms with van der Waals surface area (Å²) >= 11 is 0. The van der Waals surface area contributed by atoms with Gasteiger partial charge in [0.05, 0.1) is 6.10 Å². The second kappa shape index (κ2) is 7.70. The fourth-order valence-electron chi connectivity index (χ4n) is 3.24. The number of fused-ring (bicyclic) bond motifs is 1. The molecule has 1 atom stereocenters. The summed E-state index contributed by atoms with van der Waals surface area (Å²) in [6.07, 6.45) is 3.35. The number of aliphatic hydroxyl groups excluding tert-OH is 1. The van der Waals surface area contributed by atoms with E-state index in [4.69, 9.17) is 0 Å². The predicted octanol–water partition coefficient (Wildman–Crippen LogP) is 3.68. The Morgan fingerprint density at radius 2 is 1.85 bits per heavy atom. The van der Waals surface area contributed by atoms with Crippen LogP contribution in [0.25, 0.3) is 0 Å². The molecule has 5 heteroatoms. The number of aliphatic hydroxyl groups is 1. The molecule has 0 saturated carbocycles. The van der Waals surface area contributed by atoms with Gasteiger partial charge in [0.15, 0.2) is 0 Å². The minimum Gasteiger partial charge on any atom is -0.388 e. The molecule has 2 N–H and O–H groups in total. The molecule has 3 rings (SSSR count). The Morgan fingerprint density at radius 1 is 1.12 bits per heavy atom. The largest absolute Gasteiger partial charge is 0.388 e. The second-order valence-electron chi connectivity index (χ2n) is 6.75. The molecular formula is C21H24N2O3. The number of amides is 2. The Bertz CT molecular complexity index is 815. The van der Waals surface area contributed by atoms with Crippen LogP contribution >= 0.6 is 0 Å². The maximum atomic E-state index is 12.5. The molecule has 0 radical (unpaired) electrons. The van der Waals surface area contributed by atoms with Crippen molar-refractivity contribution in [3.05, 3.63) is 59.2 Å². The van der Waals surface area contributed by atoms with Crippen molar-refractivity contribution in [1.29, 1.82) is 0 Å². The Hall–Kier alpha value is -2.66. The Labute approximate surface area is 153 Å². The van der Waals surface area contributed by atoms with Gasteiger partial charge in [-0.15, -0.1) is 0 Å². The van der Waals surface area contributed by atoms with E-state index >= 15 is 0 Å². The zero-order valence-electron chi connectivity index (χ0n) is 15.2. The van der Waals surface area contributed by atoms with Crippen molar-refractivity contribution in [2.45, 2.75) is 38.7 Å². The zero-order valence-corrected chi connectivity index (χ0v) is 15.2. The third kappa shape index (κ3) is 3.94. The zero-order chi connectivity index (χ0) is 18.7. The van der Waals surface area contributed by atoms with Gasteiger partial charge in [-0.05, 0) is 66.8 Å². The standard InChI is InChI=1S/C21H24N2O3/c1-14(24)23(2)18-11-8-16(9-12-18)21(26)22-17-10-7-15-5-3-4-6-20(25)19(15)13-17/h7-13,20,25H,3-6H2,1-2H3,(H,22,26). The summed E-state index contributed by atoms with van der Waals surface area (Å²) in [5, 5.41) is 13.2. The number of hydrogen-bond donors (Lipinski definition) is 2. The van der Waals surface area contributed by atoms with Gasteiger partial charge in [-0.3, -0.25) is 9.59 Å². The normalized spacial score (nSPS) is 16.3. The summed E-state index contributed by atoms with van der Waals surface area (Å²) in [4.78, 5) is 25.4. The van der Waals surface area contributed by atoms with Gasteiger partial charge in [0.1, 0.15) is 0 Å². The van der Waals surface area contributed by atoms with Crippen molar-refractivity contribution in [1.82, 2.24) is 0 Å². The van der Waals surface area contributed by atoms with Gasteiger partial charge in [0.25, 0.3) is 5.91 Å². The number of rotatable bonds is 3. The van der Waals surface area contributed by atoms with Crippen LogP contribution in [0.1, 0.15) is 53.8 Å². The van der Waals surface area contributed by atoms with Crippen LogP contribution in [0.15, 0.2) is 42.5 Å². The molecular weight excluding hydrogens is 328 g/mol. The van der Waals surface area contributed by atoms with Crippen LogP contribution < -0.4 is 10.2 Å². The van der Waals surface area contributed by atoms with Crippen molar-refractivity contribution in [3.8, 4) is 0 Å². The van der Waals surface area contributed by atoms with Crippen molar-refractivity contribution in [2.75, 3.05) is 17.3 Å². The molecule has 0 spiro atoms. The first-order valence-electron chi connectivity index (χ1n) is 8.92. The average molecular weight is 352 g/mol. The van der Waals surface area contributed by atoms with Crippen LogP contribution in [0, 0.1) is 0 Å². The lowest BCUT2D eigenvalue weighted by atomic mass is 10.00. The molecule has 0 heterocycles. The summed E-state index contributed by atoms with van der Waals surface area (Å²) in [7, 11) is 1.69. The third-order valence-electron chi connectivity index (χ3n) is 4.93. The number of anilines is 2. The first-order valence-corrected chi connectivity index (χ1v) is 8.92. The minimum absolute atomic E-state index is 0.0641. The number of carbonyl (C=O) groups is 2. The molecule has 0 bridgehead atoms. The highest BCUT2D eigenvalue weighted by molar-refractivity contribution is 6.04. The van der Waals surface area contributed by atoms with Crippen LogP contribution in [0.5, 0.6) is 0 Å². The van der Waals surface area contributed by atoms with Crippen LogP contribution in [0.4, 0.5) is 11.4 Å². The van der Waals surface area contributed by atoms with E-state index in [0.29, 0.717) is 11.3 Å². The fourth-order valence-corrected chi connectivity index (χ4v) is 3.24. The van der Waals surface area contributed by atoms with Crippen molar-refractivity contribution >= 4 is 23.2 Å². The lowest BCUT2D eigenvalue weighted by Gasteiger charge is -2.16. The molecule has 0 fully saturated rings. The monoisotopic (exact) mass is 352 g/mol. The molecule has 2 aromatic rings. The van der Waals surface area contributed by atoms with Crippen LogP contribution in [-0.4, -0.2) is 24.0 Å². The van der Waals surface area contributed by atoms with Gasteiger partial charge in [0.2, 0.25) is 5.91 Å². The van der Waals surface area contributed by atoms with E-state index in [2.05, 4.69) is 5.32 Å². The van der Waals surface area contributed by atoms with Crippen molar-refractivity contribution in [3.63, 3.8) is 0 Å². The summed E-state index contributed by atoms with van der Waals surface area (Å²) in [6, 6.07) is 12.6. The van der Waals surface area contributed by atoms with Gasteiger partial charge < -0.3 is 15.3 Å². The third-order valence-corrected chi connectivity index (χ3v) is 4.93. The number of benzene rings is 2. The van der Waals surface area contributed by atoms with E-state index < -0.39 is 6.10 Å². The highest BCUT2D eigenvalue weighted by Crippen LogP contribution is 2.30. The van der Waals surface area contributed by atoms with Crippen LogP contribution in [0.2, 0.25) is 0 Å². The first-order chi connectivity index (χ1) is 12.5. The molecule has 2 aromatic carbocycles. The van der Waals surface area contributed by atoms with Gasteiger partial charge in [0, 0.05) is 30.9 Å². The molecule has 0 aromatic heterocycles. The van der Waals surface area contributed by atoms with E-state index in [1.54, 1.807) is 31.3 Å². The number of nitrogens with zero attached hydrogens (tertiary/aromatic N) is 1. The van der Waals surface area contributed by atoms with Crippen molar-refractivity contribution < 1.29 is 14.7 Å². The molecule has 136 valence electrons. The Kier molecular flexibility index (Phi) is 5.38. The first kappa shape index (κ1) is 18.1. The number of nitrogens with one attached hydrogen (secondary N) is 1. The summed E-state index contributed by atoms with van der Waals surface area (Å²) < 4.78 is 0. The Balaban J connectivity index is 1.75.